The Hall–Kier alpha value is -1.01. The van der Waals surface area contributed by atoms with E-state index in [1.165, 1.54) is 109 Å². The summed E-state index contributed by atoms with van der Waals surface area (Å²) in [5, 5.41) is 6.94. The van der Waals surface area contributed by atoms with E-state index in [0.29, 0.717) is 12.6 Å². The molecule has 0 saturated heterocycles. The van der Waals surface area contributed by atoms with Crippen molar-refractivity contribution < 1.29 is 4.79 Å². The first kappa shape index (κ1) is 34.0. The number of unbranched alkanes of at least 4 members (excludes halogenated alkanes) is 11. The molecule has 2 atom stereocenters. The molecular weight excluding hydrogens is 428 g/mol. The Bertz CT molecular complexity index is 507. The van der Waals surface area contributed by atoms with Crippen LogP contribution < -0.4 is 10.6 Å². The molecule has 2 N–H and O–H groups in total. The summed E-state index contributed by atoms with van der Waals surface area (Å²) in [6.45, 7) is 10.7. The van der Waals surface area contributed by atoms with Crippen LogP contribution in [0.3, 0.4) is 0 Å². The van der Waals surface area contributed by atoms with Crippen molar-refractivity contribution in [3.8, 4) is 11.8 Å². The van der Waals surface area contributed by atoms with Crippen LogP contribution in [0.25, 0.3) is 0 Å². The zero-order valence-corrected chi connectivity index (χ0v) is 24.3. The van der Waals surface area contributed by atoms with E-state index >= 15 is 0 Å². The third-order valence-corrected chi connectivity index (χ3v) is 7.10. The van der Waals surface area contributed by atoms with E-state index in [1.807, 2.05) is 0 Å². The molecule has 0 rings (SSSR count). The molecule has 2 unspecified atom stereocenters. The minimum absolute atomic E-state index is 0.196. The van der Waals surface area contributed by atoms with E-state index in [2.05, 4.69) is 50.2 Å². The molecule has 35 heavy (non-hydrogen) atoms. The lowest BCUT2D eigenvalue weighted by Gasteiger charge is -2.18. The van der Waals surface area contributed by atoms with Crippen molar-refractivity contribution in [3.63, 3.8) is 0 Å². The Morgan fingerprint density at radius 3 is 1.60 bits per heavy atom. The van der Waals surface area contributed by atoms with Crippen molar-refractivity contribution in [2.75, 3.05) is 13.1 Å². The SMILES string of the molecule is CCCCCCCC(CCCCC)NCCC#CCCNC(=O)C(CCCCC)CCCCCC. The Morgan fingerprint density at radius 2 is 1.00 bits per heavy atom. The maximum Gasteiger partial charge on any atom is 0.223 e. The molecule has 3 heteroatoms. The van der Waals surface area contributed by atoms with Crippen molar-refractivity contribution >= 4 is 5.91 Å². The van der Waals surface area contributed by atoms with Crippen LogP contribution >= 0.6 is 0 Å². The van der Waals surface area contributed by atoms with Gasteiger partial charge in [0, 0.05) is 37.9 Å². The van der Waals surface area contributed by atoms with Crippen LogP contribution in [0, 0.1) is 17.8 Å². The molecule has 0 fully saturated rings. The van der Waals surface area contributed by atoms with Crippen LogP contribution in [-0.4, -0.2) is 25.0 Å². The van der Waals surface area contributed by atoms with E-state index in [1.54, 1.807) is 0 Å². The summed E-state index contributed by atoms with van der Waals surface area (Å²) in [7, 11) is 0. The van der Waals surface area contributed by atoms with Gasteiger partial charge in [-0.1, -0.05) is 124 Å². The minimum atomic E-state index is 0.196. The summed E-state index contributed by atoms with van der Waals surface area (Å²) in [6, 6.07) is 0.659. The summed E-state index contributed by atoms with van der Waals surface area (Å²) in [6.07, 6.45) is 25.8. The molecule has 206 valence electrons. The topological polar surface area (TPSA) is 41.1 Å². The molecule has 0 radical (unpaired) electrons. The largest absolute Gasteiger partial charge is 0.355 e. The van der Waals surface area contributed by atoms with Gasteiger partial charge >= 0.3 is 0 Å². The third kappa shape index (κ3) is 23.2. The van der Waals surface area contributed by atoms with Crippen molar-refractivity contribution in [3.05, 3.63) is 0 Å². The first-order chi connectivity index (χ1) is 17.2. The Kier molecular flexibility index (Phi) is 26.8. The fraction of sp³-hybridized carbons (Fsp3) is 0.906. The lowest BCUT2D eigenvalue weighted by molar-refractivity contribution is -0.125. The number of rotatable bonds is 25. The molecule has 0 spiro atoms. The van der Waals surface area contributed by atoms with Crippen LogP contribution in [0.1, 0.15) is 163 Å². The van der Waals surface area contributed by atoms with Gasteiger partial charge in [-0.25, -0.2) is 0 Å². The predicted octanol–water partition coefficient (Wildman–Crippen LogP) is 8.95. The van der Waals surface area contributed by atoms with Gasteiger partial charge in [0.15, 0.2) is 0 Å². The van der Waals surface area contributed by atoms with Gasteiger partial charge in [-0.3, -0.25) is 4.79 Å². The number of carbonyl (C=O) groups is 1. The number of hydrogen-bond acceptors (Lipinski definition) is 2. The summed E-state index contributed by atoms with van der Waals surface area (Å²) in [5.74, 6) is 7.06. The Balaban J connectivity index is 4.16. The molecular formula is C32H62N2O. The van der Waals surface area contributed by atoms with Crippen LogP contribution in [-0.2, 0) is 4.79 Å². The van der Waals surface area contributed by atoms with Gasteiger partial charge in [-0.2, -0.15) is 0 Å². The lowest BCUT2D eigenvalue weighted by atomic mass is 9.94. The molecule has 0 saturated carbocycles. The van der Waals surface area contributed by atoms with Crippen molar-refractivity contribution in [1.29, 1.82) is 0 Å². The van der Waals surface area contributed by atoms with E-state index in [0.717, 1.165) is 32.2 Å². The lowest BCUT2D eigenvalue weighted by Crippen LogP contribution is -2.31. The summed E-state index contributed by atoms with van der Waals surface area (Å²) in [5.41, 5.74) is 0. The van der Waals surface area contributed by atoms with E-state index in [-0.39, 0.29) is 11.8 Å². The molecule has 0 aromatic carbocycles. The third-order valence-electron chi connectivity index (χ3n) is 7.10. The first-order valence-electron chi connectivity index (χ1n) is 15.7. The van der Waals surface area contributed by atoms with E-state index in [9.17, 15) is 4.79 Å². The monoisotopic (exact) mass is 490 g/mol. The highest BCUT2D eigenvalue weighted by molar-refractivity contribution is 5.78. The molecule has 0 aliphatic rings. The summed E-state index contributed by atoms with van der Waals surface area (Å²) in [4.78, 5) is 12.7. The number of nitrogens with one attached hydrogen (secondary N) is 2. The molecule has 3 nitrogen and oxygen atoms in total. The first-order valence-corrected chi connectivity index (χ1v) is 15.7. The number of hydrogen-bond donors (Lipinski definition) is 2. The highest BCUT2D eigenvalue weighted by atomic mass is 16.1. The predicted molar refractivity (Wildman–Crippen MR) is 156 cm³/mol. The average Bonchev–Trinajstić information content (AvgIpc) is 2.86. The van der Waals surface area contributed by atoms with Gasteiger partial charge in [0.1, 0.15) is 0 Å². The summed E-state index contributed by atoms with van der Waals surface area (Å²) >= 11 is 0. The maximum atomic E-state index is 12.7. The number of carbonyl (C=O) groups excluding carboxylic acids is 1. The van der Waals surface area contributed by atoms with Gasteiger partial charge in [0.05, 0.1) is 0 Å². The Morgan fingerprint density at radius 1 is 0.571 bits per heavy atom. The van der Waals surface area contributed by atoms with Gasteiger partial charge in [0.2, 0.25) is 5.91 Å². The smallest absolute Gasteiger partial charge is 0.223 e. The second-order valence-corrected chi connectivity index (χ2v) is 10.5. The van der Waals surface area contributed by atoms with Gasteiger partial charge in [-0.05, 0) is 25.7 Å². The van der Waals surface area contributed by atoms with Gasteiger partial charge < -0.3 is 10.6 Å². The van der Waals surface area contributed by atoms with Crippen LogP contribution in [0.2, 0.25) is 0 Å². The van der Waals surface area contributed by atoms with Crippen molar-refractivity contribution in [2.24, 2.45) is 5.92 Å². The van der Waals surface area contributed by atoms with Crippen LogP contribution in [0.15, 0.2) is 0 Å². The van der Waals surface area contributed by atoms with Crippen molar-refractivity contribution in [2.45, 2.75) is 169 Å². The molecule has 0 aromatic rings. The van der Waals surface area contributed by atoms with Gasteiger partial charge in [0.25, 0.3) is 0 Å². The zero-order valence-electron chi connectivity index (χ0n) is 24.3. The second kappa shape index (κ2) is 27.6. The Labute approximate surface area is 220 Å². The van der Waals surface area contributed by atoms with Crippen LogP contribution in [0.5, 0.6) is 0 Å². The van der Waals surface area contributed by atoms with E-state index in [4.69, 9.17) is 0 Å². The molecule has 0 heterocycles. The fourth-order valence-electron chi connectivity index (χ4n) is 4.76. The van der Waals surface area contributed by atoms with Gasteiger partial charge in [-0.15, -0.1) is 11.8 Å². The second-order valence-electron chi connectivity index (χ2n) is 10.5. The highest BCUT2D eigenvalue weighted by Crippen LogP contribution is 2.18. The number of amides is 1. The fourth-order valence-corrected chi connectivity index (χ4v) is 4.76. The van der Waals surface area contributed by atoms with Crippen LogP contribution in [0.4, 0.5) is 0 Å². The molecule has 0 bridgehead atoms. The molecule has 0 aliphatic carbocycles. The standard InChI is InChI=1S/C32H62N2O/c1-5-9-13-15-21-27-31(26-19-12-8-4)33-28-22-16-17-23-29-34-32(35)30(24-18-11-7-3)25-20-14-10-6-2/h30-31,33H,5-15,18-29H2,1-4H3,(H,34,35). The normalized spacial score (nSPS) is 12.7. The molecule has 0 aliphatic heterocycles. The average molecular weight is 491 g/mol. The summed E-state index contributed by atoms with van der Waals surface area (Å²) < 4.78 is 0. The maximum absolute atomic E-state index is 12.7. The minimum Gasteiger partial charge on any atom is -0.355 e. The quantitative estimate of drug-likeness (QED) is 0.0990. The zero-order chi connectivity index (χ0) is 25.8. The molecule has 1 amide bonds. The van der Waals surface area contributed by atoms with Crippen molar-refractivity contribution in [1.82, 2.24) is 10.6 Å². The highest BCUT2D eigenvalue weighted by Gasteiger charge is 2.17. The van der Waals surface area contributed by atoms with E-state index < -0.39 is 0 Å². The molecule has 0 aromatic heterocycles.